The highest BCUT2D eigenvalue weighted by atomic mass is 16.5. The quantitative estimate of drug-likeness (QED) is 0.537. The minimum Gasteiger partial charge on any atom is -0.424 e. The molecule has 6 heteroatoms. The molecule has 0 N–H and O–H groups in total. The van der Waals surface area contributed by atoms with Gasteiger partial charge in [0.15, 0.2) is 5.75 Å². The molecule has 1 aliphatic heterocycles. The van der Waals surface area contributed by atoms with E-state index in [1.807, 2.05) is 29.0 Å². The largest absolute Gasteiger partial charge is 0.424 e. The molecule has 2 aliphatic rings. The van der Waals surface area contributed by atoms with E-state index in [4.69, 9.17) is 9.84 Å². The normalized spacial score (nSPS) is 15.3. The molecule has 3 aromatic rings. The van der Waals surface area contributed by atoms with Crippen LogP contribution < -0.4 is 4.74 Å². The van der Waals surface area contributed by atoms with E-state index < -0.39 is 0 Å². The Bertz CT molecular complexity index is 1110. The fraction of sp³-hybridized carbons (Fsp3) is 0.200. The number of nitrogens with zero attached hydrogens (tertiary/aromatic N) is 4. The molecule has 0 unspecified atom stereocenters. The predicted molar refractivity (Wildman–Crippen MR) is 98.8 cm³/mol. The van der Waals surface area contributed by atoms with E-state index in [0.29, 0.717) is 11.7 Å². The van der Waals surface area contributed by atoms with Crippen LogP contribution >= 0.6 is 0 Å². The number of ether oxygens (including phenoxy) is 1. The summed E-state index contributed by atoms with van der Waals surface area (Å²) in [7, 11) is 0. The molecular weight excluding hydrogens is 328 g/mol. The summed E-state index contributed by atoms with van der Waals surface area (Å²) in [6.45, 7) is 1.42. The molecule has 2 aromatic heterocycles. The number of aromatic nitrogens is 3. The molecule has 1 aromatic carbocycles. The van der Waals surface area contributed by atoms with Crippen molar-refractivity contribution in [1.29, 1.82) is 0 Å². The first kappa shape index (κ1) is 15.0. The van der Waals surface area contributed by atoms with Crippen LogP contribution in [0.5, 0.6) is 5.75 Å². The number of esters is 1. The highest BCUT2D eigenvalue weighted by Gasteiger charge is 2.26. The smallest absolute Gasteiger partial charge is 0.308 e. The van der Waals surface area contributed by atoms with Crippen LogP contribution in [0.15, 0.2) is 41.7 Å². The Morgan fingerprint density at radius 2 is 2.12 bits per heavy atom. The second kappa shape index (κ2) is 5.62. The number of rotatable bonds is 3. The average Bonchev–Trinajstić information content (AvgIpc) is 3.42. The first-order valence-corrected chi connectivity index (χ1v) is 8.61. The number of carbonyl (C=O) groups excluding carboxylic acids is 1. The molecule has 1 fully saturated rings. The standard InChI is InChI=1S/C20H16N4O2/c1-12(25)26-19-10-14(13-2-3-13)4-5-17(19)24-18-7-9-22-16-11-21-8-6-15(23-24)20(16)18/h4-11,13H,2-3H2,1H3. The number of hydrogen-bond donors (Lipinski definition) is 0. The van der Waals surface area contributed by atoms with Crippen molar-refractivity contribution in [3.05, 3.63) is 53.6 Å². The molecule has 0 saturated heterocycles. The summed E-state index contributed by atoms with van der Waals surface area (Å²) in [5.74, 6) is 0.765. The topological polar surface area (TPSA) is 69.4 Å². The van der Waals surface area contributed by atoms with Crippen molar-refractivity contribution in [3.8, 4) is 11.4 Å². The van der Waals surface area contributed by atoms with Crippen LogP contribution in [-0.2, 0) is 4.79 Å². The van der Waals surface area contributed by atoms with Crippen molar-refractivity contribution in [1.82, 2.24) is 14.8 Å². The van der Waals surface area contributed by atoms with Gasteiger partial charge in [-0.25, -0.2) is 4.68 Å². The van der Waals surface area contributed by atoms with Crippen LogP contribution in [-0.4, -0.2) is 26.9 Å². The van der Waals surface area contributed by atoms with Crippen molar-refractivity contribution in [3.63, 3.8) is 0 Å². The highest BCUT2D eigenvalue weighted by Crippen LogP contribution is 2.42. The molecule has 1 aliphatic carbocycles. The number of pyridine rings is 1. The van der Waals surface area contributed by atoms with Gasteiger partial charge in [-0.1, -0.05) is 6.07 Å². The van der Waals surface area contributed by atoms with Gasteiger partial charge in [-0.15, -0.1) is 0 Å². The summed E-state index contributed by atoms with van der Waals surface area (Å²) in [6, 6.07) is 7.95. The number of benzene rings is 1. The fourth-order valence-electron chi connectivity index (χ4n) is 3.36. The first-order valence-electron chi connectivity index (χ1n) is 8.61. The van der Waals surface area contributed by atoms with Crippen molar-refractivity contribution >= 4 is 29.2 Å². The number of carbonyl (C=O) groups is 1. The van der Waals surface area contributed by atoms with Crippen LogP contribution in [0.1, 0.15) is 42.6 Å². The summed E-state index contributed by atoms with van der Waals surface area (Å²) in [5.41, 5.74) is 4.41. The van der Waals surface area contributed by atoms with E-state index in [1.165, 1.54) is 25.3 Å². The Balaban J connectivity index is 1.74. The van der Waals surface area contributed by atoms with Crippen molar-refractivity contribution < 1.29 is 9.53 Å². The maximum Gasteiger partial charge on any atom is 0.308 e. The lowest BCUT2D eigenvalue weighted by molar-refractivity contribution is -0.131. The van der Waals surface area contributed by atoms with E-state index in [9.17, 15) is 4.79 Å². The van der Waals surface area contributed by atoms with E-state index in [2.05, 4.69) is 16.0 Å². The van der Waals surface area contributed by atoms with E-state index >= 15 is 0 Å². The molecule has 6 nitrogen and oxygen atoms in total. The molecule has 0 atom stereocenters. The monoisotopic (exact) mass is 344 g/mol. The van der Waals surface area contributed by atoms with Crippen LogP contribution in [0.4, 0.5) is 0 Å². The Kier molecular flexibility index (Phi) is 3.25. The molecule has 0 amide bonds. The second-order valence-electron chi connectivity index (χ2n) is 6.58. The van der Waals surface area contributed by atoms with Gasteiger partial charge in [-0.05, 0) is 48.6 Å². The lowest BCUT2D eigenvalue weighted by Crippen LogP contribution is -2.07. The third-order valence-corrected chi connectivity index (χ3v) is 4.68. The molecule has 128 valence electrons. The van der Waals surface area contributed by atoms with Gasteiger partial charge in [0.25, 0.3) is 0 Å². The molecule has 26 heavy (non-hydrogen) atoms. The van der Waals surface area contributed by atoms with E-state index in [0.717, 1.165) is 28.0 Å². The summed E-state index contributed by atoms with van der Waals surface area (Å²) < 4.78 is 7.33. The third kappa shape index (κ3) is 2.42. The van der Waals surface area contributed by atoms with Gasteiger partial charge in [0.1, 0.15) is 5.69 Å². The minimum absolute atomic E-state index is 0.341. The zero-order valence-corrected chi connectivity index (χ0v) is 14.2. The molecule has 5 rings (SSSR count). The van der Waals surface area contributed by atoms with Gasteiger partial charge in [-0.3, -0.25) is 14.8 Å². The van der Waals surface area contributed by atoms with Crippen molar-refractivity contribution in [2.75, 3.05) is 0 Å². The van der Waals surface area contributed by atoms with Gasteiger partial charge < -0.3 is 4.74 Å². The lowest BCUT2D eigenvalue weighted by atomic mass is 10.1. The van der Waals surface area contributed by atoms with Crippen molar-refractivity contribution in [2.45, 2.75) is 25.7 Å². The van der Waals surface area contributed by atoms with Gasteiger partial charge in [0, 0.05) is 19.3 Å². The minimum atomic E-state index is -0.341. The Morgan fingerprint density at radius 1 is 1.23 bits per heavy atom. The van der Waals surface area contributed by atoms with Gasteiger partial charge in [0.05, 0.1) is 28.5 Å². The highest BCUT2D eigenvalue weighted by molar-refractivity contribution is 6.02. The molecule has 3 heterocycles. The summed E-state index contributed by atoms with van der Waals surface area (Å²) in [5, 5.41) is 5.66. The Labute approximate surface area is 149 Å². The molecule has 0 radical (unpaired) electrons. The molecule has 0 spiro atoms. The van der Waals surface area contributed by atoms with Gasteiger partial charge >= 0.3 is 5.97 Å². The SMILES string of the molecule is CC(=O)Oc1cc(C2CC2)ccc1-n1nc2c3c(nccc31)C=NC=C2. The molecule has 0 bridgehead atoms. The van der Waals surface area contributed by atoms with Gasteiger partial charge in [0.2, 0.25) is 0 Å². The molecular formula is C20H16N4O2. The van der Waals surface area contributed by atoms with Crippen LogP contribution in [0.2, 0.25) is 0 Å². The van der Waals surface area contributed by atoms with Crippen LogP contribution in [0.3, 0.4) is 0 Å². The van der Waals surface area contributed by atoms with Crippen LogP contribution in [0.25, 0.3) is 22.7 Å². The predicted octanol–water partition coefficient (Wildman–Crippen LogP) is 3.63. The molecule has 1 saturated carbocycles. The summed E-state index contributed by atoms with van der Waals surface area (Å²) >= 11 is 0. The van der Waals surface area contributed by atoms with Gasteiger partial charge in [-0.2, -0.15) is 5.10 Å². The van der Waals surface area contributed by atoms with Crippen LogP contribution in [0, 0.1) is 0 Å². The van der Waals surface area contributed by atoms with Crippen molar-refractivity contribution in [2.24, 2.45) is 4.99 Å². The summed E-state index contributed by atoms with van der Waals surface area (Å²) in [6.07, 6.45) is 9.40. The first-order chi connectivity index (χ1) is 12.7. The number of hydrogen-bond acceptors (Lipinski definition) is 5. The zero-order valence-electron chi connectivity index (χ0n) is 14.2. The fourth-order valence-corrected chi connectivity index (χ4v) is 3.36. The zero-order chi connectivity index (χ0) is 17.7. The Morgan fingerprint density at radius 3 is 2.92 bits per heavy atom. The third-order valence-electron chi connectivity index (χ3n) is 4.68. The number of aliphatic imine (C=N–C) groups is 1. The maximum atomic E-state index is 11.6. The van der Waals surface area contributed by atoms with E-state index in [-0.39, 0.29) is 5.97 Å². The average molecular weight is 344 g/mol. The van der Waals surface area contributed by atoms with E-state index in [1.54, 1.807) is 18.6 Å². The second-order valence-corrected chi connectivity index (χ2v) is 6.58. The summed E-state index contributed by atoms with van der Waals surface area (Å²) in [4.78, 5) is 20.2. The lowest BCUT2D eigenvalue weighted by Gasteiger charge is -2.12. The maximum absolute atomic E-state index is 11.6. The Hall–Kier alpha value is -3.28.